The number of carbonyl (C=O) groups is 1. The Bertz CT molecular complexity index is 1120. The Morgan fingerprint density at radius 2 is 1.80 bits per heavy atom. The molecular formula is C21H23N3O5S. The predicted molar refractivity (Wildman–Crippen MR) is 112 cm³/mol. The molecule has 9 heteroatoms. The van der Waals surface area contributed by atoms with Crippen molar-refractivity contribution < 1.29 is 22.5 Å². The molecule has 1 N–H and O–H groups in total. The average molecular weight is 429 g/mol. The minimum absolute atomic E-state index is 0.00941. The zero-order chi connectivity index (χ0) is 21.7. The first kappa shape index (κ1) is 21.5. The number of benzene rings is 2. The van der Waals surface area contributed by atoms with E-state index in [0.717, 1.165) is 0 Å². The van der Waals surface area contributed by atoms with Gasteiger partial charge in [-0.3, -0.25) is 4.79 Å². The van der Waals surface area contributed by atoms with Gasteiger partial charge in [-0.15, -0.1) is 0 Å². The lowest BCUT2D eigenvalue weighted by Gasteiger charge is -2.20. The summed E-state index contributed by atoms with van der Waals surface area (Å²) in [5.74, 6) is 0.285. The van der Waals surface area contributed by atoms with Crippen molar-refractivity contribution in [2.75, 3.05) is 18.4 Å². The van der Waals surface area contributed by atoms with Crippen LogP contribution in [0.25, 0.3) is 0 Å². The topological polar surface area (TPSA) is 102 Å². The summed E-state index contributed by atoms with van der Waals surface area (Å²) in [6, 6.07) is 14.8. The van der Waals surface area contributed by atoms with Gasteiger partial charge in [0.2, 0.25) is 15.8 Å². The molecule has 3 rings (SSSR count). The number of para-hydroxylation sites is 1. The van der Waals surface area contributed by atoms with E-state index >= 15 is 0 Å². The van der Waals surface area contributed by atoms with E-state index in [4.69, 9.17) is 9.26 Å². The Morgan fingerprint density at radius 3 is 2.40 bits per heavy atom. The third-order valence-electron chi connectivity index (χ3n) is 4.37. The van der Waals surface area contributed by atoms with Crippen molar-refractivity contribution in [1.29, 1.82) is 0 Å². The number of amides is 1. The van der Waals surface area contributed by atoms with Crippen LogP contribution in [0.1, 0.15) is 30.1 Å². The normalized spacial score (nSPS) is 11.5. The Hall–Kier alpha value is -3.17. The van der Waals surface area contributed by atoms with Crippen LogP contribution in [0.5, 0.6) is 11.5 Å². The van der Waals surface area contributed by atoms with E-state index in [1.807, 2.05) is 18.2 Å². The second-order valence-corrected chi connectivity index (χ2v) is 8.39. The smallest absolute Gasteiger partial charge is 0.294 e. The van der Waals surface area contributed by atoms with Crippen LogP contribution in [0.2, 0.25) is 0 Å². The zero-order valence-corrected chi connectivity index (χ0v) is 17.8. The first-order valence-corrected chi connectivity index (χ1v) is 10.9. The fourth-order valence-corrected chi connectivity index (χ4v) is 4.32. The largest absolute Gasteiger partial charge is 0.455 e. The summed E-state index contributed by atoms with van der Waals surface area (Å²) in [6.45, 7) is 5.90. The zero-order valence-electron chi connectivity index (χ0n) is 17.0. The molecule has 2 aromatic carbocycles. The van der Waals surface area contributed by atoms with E-state index in [0.29, 0.717) is 30.3 Å². The van der Waals surface area contributed by atoms with Gasteiger partial charge in [0.15, 0.2) is 5.75 Å². The van der Waals surface area contributed by atoms with Crippen LogP contribution in [0.4, 0.5) is 5.69 Å². The third-order valence-corrected chi connectivity index (χ3v) is 6.41. The summed E-state index contributed by atoms with van der Waals surface area (Å²) in [6.07, 6.45) is 0. The molecule has 1 amide bonds. The lowest BCUT2D eigenvalue weighted by atomic mass is 10.2. The Morgan fingerprint density at radius 1 is 1.10 bits per heavy atom. The minimum Gasteiger partial charge on any atom is -0.455 e. The van der Waals surface area contributed by atoms with Gasteiger partial charge in [-0.25, -0.2) is 8.42 Å². The van der Waals surface area contributed by atoms with E-state index in [2.05, 4.69) is 10.5 Å². The number of rotatable bonds is 8. The van der Waals surface area contributed by atoms with Crippen molar-refractivity contribution in [1.82, 2.24) is 9.46 Å². The third kappa shape index (κ3) is 4.69. The van der Waals surface area contributed by atoms with E-state index in [9.17, 15) is 13.2 Å². The van der Waals surface area contributed by atoms with Gasteiger partial charge in [-0.1, -0.05) is 37.2 Å². The quantitative estimate of drug-likeness (QED) is 0.579. The maximum atomic E-state index is 12.9. The Kier molecular flexibility index (Phi) is 6.53. The molecule has 158 valence electrons. The van der Waals surface area contributed by atoms with Crippen LogP contribution in [-0.2, 0) is 10.0 Å². The standard InChI is InChI=1S/C21H23N3O5S/c1-4-24(5-2)30(26,27)17-11-12-19(28-16-9-7-6-8-10-16)18(14-17)22-21(25)20-13-15(3)23-29-20/h6-14H,4-5H2,1-3H3,(H,22,25). The molecule has 0 saturated heterocycles. The van der Waals surface area contributed by atoms with Crippen molar-refractivity contribution in [3.05, 3.63) is 66.1 Å². The Balaban J connectivity index is 2.01. The first-order valence-electron chi connectivity index (χ1n) is 9.47. The SMILES string of the molecule is CCN(CC)S(=O)(=O)c1ccc(Oc2ccccc2)c(NC(=O)c2cc(C)no2)c1. The number of hydrogen-bond acceptors (Lipinski definition) is 6. The van der Waals surface area contributed by atoms with Crippen molar-refractivity contribution in [3.63, 3.8) is 0 Å². The van der Waals surface area contributed by atoms with Crippen LogP contribution in [-0.4, -0.2) is 36.9 Å². The molecule has 1 aromatic heterocycles. The molecule has 0 spiro atoms. The second kappa shape index (κ2) is 9.10. The molecule has 3 aromatic rings. The molecule has 0 radical (unpaired) electrons. The maximum absolute atomic E-state index is 12.9. The van der Waals surface area contributed by atoms with E-state index < -0.39 is 15.9 Å². The monoisotopic (exact) mass is 429 g/mol. The molecule has 0 aliphatic carbocycles. The van der Waals surface area contributed by atoms with Crippen molar-refractivity contribution in [2.24, 2.45) is 0 Å². The van der Waals surface area contributed by atoms with E-state index in [1.54, 1.807) is 32.9 Å². The van der Waals surface area contributed by atoms with Gasteiger partial charge in [0.1, 0.15) is 5.75 Å². The lowest BCUT2D eigenvalue weighted by molar-refractivity contribution is 0.0987. The lowest BCUT2D eigenvalue weighted by Crippen LogP contribution is -2.30. The van der Waals surface area contributed by atoms with Gasteiger partial charge in [0.05, 0.1) is 16.3 Å². The van der Waals surface area contributed by atoms with Gasteiger partial charge in [0, 0.05) is 19.2 Å². The highest BCUT2D eigenvalue weighted by Gasteiger charge is 2.24. The number of anilines is 1. The summed E-state index contributed by atoms with van der Waals surface area (Å²) >= 11 is 0. The molecule has 0 saturated carbocycles. The van der Waals surface area contributed by atoms with Crippen LogP contribution in [0.15, 0.2) is 64.0 Å². The number of hydrogen-bond donors (Lipinski definition) is 1. The van der Waals surface area contributed by atoms with Crippen molar-refractivity contribution >= 4 is 21.6 Å². The van der Waals surface area contributed by atoms with Gasteiger partial charge < -0.3 is 14.6 Å². The second-order valence-electron chi connectivity index (χ2n) is 6.45. The van der Waals surface area contributed by atoms with Crippen molar-refractivity contribution in [3.8, 4) is 11.5 Å². The summed E-state index contributed by atoms with van der Waals surface area (Å²) in [4.78, 5) is 12.6. The molecule has 0 fully saturated rings. The number of carbonyl (C=O) groups excluding carboxylic acids is 1. The maximum Gasteiger partial charge on any atom is 0.294 e. The van der Waals surface area contributed by atoms with Crippen LogP contribution < -0.4 is 10.1 Å². The molecule has 8 nitrogen and oxygen atoms in total. The Labute approximate surface area is 175 Å². The molecule has 0 atom stereocenters. The highest BCUT2D eigenvalue weighted by atomic mass is 32.2. The summed E-state index contributed by atoms with van der Waals surface area (Å²) < 4.78 is 38.0. The van der Waals surface area contributed by atoms with E-state index in [-0.39, 0.29) is 16.3 Å². The number of aryl methyl sites for hydroxylation is 1. The van der Waals surface area contributed by atoms with Crippen LogP contribution in [0, 0.1) is 6.92 Å². The highest BCUT2D eigenvalue weighted by Crippen LogP contribution is 2.33. The average Bonchev–Trinajstić information content (AvgIpc) is 3.17. The number of nitrogens with one attached hydrogen (secondary N) is 1. The summed E-state index contributed by atoms with van der Waals surface area (Å²) in [5.41, 5.74) is 0.755. The fourth-order valence-electron chi connectivity index (χ4n) is 2.84. The fraction of sp³-hybridized carbons (Fsp3) is 0.238. The van der Waals surface area contributed by atoms with Gasteiger partial charge in [0.25, 0.3) is 5.91 Å². The molecule has 0 bridgehead atoms. The van der Waals surface area contributed by atoms with Crippen LogP contribution >= 0.6 is 0 Å². The molecule has 0 aliphatic heterocycles. The number of nitrogens with zero attached hydrogens (tertiary/aromatic N) is 2. The number of ether oxygens (including phenoxy) is 1. The molecule has 1 heterocycles. The highest BCUT2D eigenvalue weighted by molar-refractivity contribution is 7.89. The minimum atomic E-state index is -3.72. The van der Waals surface area contributed by atoms with Gasteiger partial charge >= 0.3 is 0 Å². The summed E-state index contributed by atoms with van der Waals surface area (Å²) in [7, 11) is -3.72. The van der Waals surface area contributed by atoms with Gasteiger partial charge in [-0.2, -0.15) is 4.31 Å². The number of sulfonamides is 1. The summed E-state index contributed by atoms with van der Waals surface area (Å²) in [5, 5.41) is 6.37. The molecule has 30 heavy (non-hydrogen) atoms. The van der Waals surface area contributed by atoms with E-state index in [1.165, 1.54) is 28.6 Å². The predicted octanol–water partition coefficient (Wildman–Crippen LogP) is 4.06. The van der Waals surface area contributed by atoms with Gasteiger partial charge in [-0.05, 0) is 37.3 Å². The molecular weight excluding hydrogens is 406 g/mol. The first-order chi connectivity index (χ1) is 14.3. The van der Waals surface area contributed by atoms with Crippen LogP contribution in [0.3, 0.4) is 0 Å². The number of aromatic nitrogens is 1. The van der Waals surface area contributed by atoms with Crippen molar-refractivity contribution in [2.45, 2.75) is 25.7 Å². The molecule has 0 aliphatic rings. The molecule has 0 unspecified atom stereocenters.